The van der Waals surface area contributed by atoms with Gasteiger partial charge >= 0.3 is 0 Å². The summed E-state index contributed by atoms with van der Waals surface area (Å²) in [6, 6.07) is 15.5. The Balaban J connectivity index is 1.14. The lowest BCUT2D eigenvalue weighted by Gasteiger charge is -2.30. The number of methoxy groups -OCH3 is 1. The number of thiazole rings is 1. The zero-order valence-corrected chi connectivity index (χ0v) is 35.5. The van der Waals surface area contributed by atoms with Crippen molar-refractivity contribution in [3.05, 3.63) is 77.8 Å². The summed E-state index contributed by atoms with van der Waals surface area (Å²) in [4.78, 5) is 54.8. The highest BCUT2D eigenvalue weighted by molar-refractivity contribution is 7.91. The maximum absolute atomic E-state index is 14.9. The number of benzene rings is 2. The van der Waals surface area contributed by atoms with Crippen molar-refractivity contribution in [3.63, 3.8) is 0 Å². The number of fused-ring (bicyclic) bond motifs is 3. The fourth-order valence-electron chi connectivity index (χ4n) is 8.02. The summed E-state index contributed by atoms with van der Waals surface area (Å²) in [5, 5.41) is 9.17. The molecule has 3 N–H and O–H groups in total. The van der Waals surface area contributed by atoms with E-state index in [0.29, 0.717) is 47.1 Å². The van der Waals surface area contributed by atoms with E-state index in [1.54, 1.807) is 12.0 Å². The molecule has 4 aliphatic rings. The molecule has 2 aromatic carbocycles. The number of hydrogen-bond acceptors (Lipinski definition) is 11. The summed E-state index contributed by atoms with van der Waals surface area (Å²) < 4.78 is 40.5. The van der Waals surface area contributed by atoms with Crippen LogP contribution in [0.25, 0.3) is 22.2 Å². The molecule has 1 saturated heterocycles. The number of nitrogens with zero attached hydrogens (tertiary/aromatic N) is 3. The Labute approximate surface area is 349 Å². The van der Waals surface area contributed by atoms with Crippen LogP contribution in [0, 0.1) is 5.92 Å². The fourth-order valence-corrected chi connectivity index (χ4v) is 10.4. The van der Waals surface area contributed by atoms with E-state index in [-0.39, 0.29) is 30.7 Å². The zero-order valence-electron chi connectivity index (χ0n) is 33.9. The number of anilines is 1. The molecule has 59 heavy (non-hydrogen) atoms. The van der Waals surface area contributed by atoms with Gasteiger partial charge in [-0.2, -0.15) is 0 Å². The maximum atomic E-state index is 14.9. The molecule has 2 aliphatic carbocycles. The zero-order chi connectivity index (χ0) is 41.5. The lowest BCUT2D eigenvalue weighted by atomic mass is 9.93. The third-order valence-electron chi connectivity index (χ3n) is 11.8. The van der Waals surface area contributed by atoms with E-state index in [2.05, 4.69) is 36.1 Å². The van der Waals surface area contributed by atoms with Gasteiger partial charge in [0, 0.05) is 46.2 Å². The third kappa shape index (κ3) is 8.82. The van der Waals surface area contributed by atoms with E-state index in [1.807, 2.05) is 72.1 Å². The van der Waals surface area contributed by atoms with Crippen molar-refractivity contribution in [2.45, 2.75) is 113 Å². The second-order valence-corrected chi connectivity index (χ2v) is 20.1. The van der Waals surface area contributed by atoms with E-state index in [1.165, 1.54) is 11.3 Å². The summed E-state index contributed by atoms with van der Waals surface area (Å²) >= 11 is 1.45. The summed E-state index contributed by atoms with van der Waals surface area (Å²) in [7, 11) is -2.28. The van der Waals surface area contributed by atoms with Gasteiger partial charge < -0.3 is 25.0 Å². The number of aromatic nitrogens is 2. The highest BCUT2D eigenvalue weighted by Crippen LogP contribution is 2.46. The fraction of sp³-hybridized carbons (Fsp3) is 0.477. The highest BCUT2D eigenvalue weighted by Gasteiger charge is 2.62. The number of amides is 3. The molecule has 3 fully saturated rings. The summed E-state index contributed by atoms with van der Waals surface area (Å²) in [5.74, 6) is -0.765. The molecule has 4 heterocycles. The quantitative estimate of drug-likeness (QED) is 0.158. The predicted molar refractivity (Wildman–Crippen MR) is 228 cm³/mol. The van der Waals surface area contributed by atoms with Gasteiger partial charge in [-0.05, 0) is 50.7 Å². The average Bonchev–Trinajstić information content (AvgIpc) is 4.09. The molecule has 0 spiro atoms. The first kappa shape index (κ1) is 40.7. The molecule has 8 rings (SSSR count). The number of rotatable bonds is 9. The van der Waals surface area contributed by atoms with Gasteiger partial charge in [-0.1, -0.05) is 76.1 Å². The molecule has 312 valence electrons. The van der Waals surface area contributed by atoms with E-state index in [4.69, 9.17) is 19.4 Å². The molecule has 2 aromatic heterocycles. The highest BCUT2D eigenvalue weighted by atomic mass is 32.2. The maximum Gasteiger partial charge on any atom is 0.259 e. The molecule has 4 aromatic rings. The van der Waals surface area contributed by atoms with Crippen molar-refractivity contribution in [2.24, 2.45) is 5.92 Å². The molecule has 0 unspecified atom stereocenters. The second kappa shape index (κ2) is 16.2. The predicted octanol–water partition coefficient (Wildman–Crippen LogP) is 6.50. The largest absolute Gasteiger partial charge is 0.497 e. The Hall–Kier alpha value is -5.02. The van der Waals surface area contributed by atoms with Gasteiger partial charge in [0.25, 0.3) is 5.91 Å². The van der Waals surface area contributed by atoms with Crippen LogP contribution >= 0.6 is 11.3 Å². The van der Waals surface area contributed by atoms with Crippen LogP contribution < -0.4 is 24.8 Å². The number of nitrogens with one attached hydrogen (secondary N) is 3. The molecule has 2 saturated carbocycles. The minimum absolute atomic E-state index is 0.0967. The van der Waals surface area contributed by atoms with Crippen LogP contribution in [0.5, 0.6) is 11.5 Å². The van der Waals surface area contributed by atoms with Gasteiger partial charge in [-0.25, -0.2) is 18.4 Å². The van der Waals surface area contributed by atoms with Gasteiger partial charge in [0.15, 0.2) is 5.13 Å². The van der Waals surface area contributed by atoms with E-state index >= 15 is 0 Å². The third-order valence-corrected chi connectivity index (χ3v) is 14.3. The number of allylic oxidation sites excluding steroid dienone is 1. The molecule has 13 nitrogen and oxygen atoms in total. The van der Waals surface area contributed by atoms with E-state index < -0.39 is 56.7 Å². The molecule has 3 amide bonds. The topological polar surface area (TPSA) is 169 Å². The van der Waals surface area contributed by atoms with Gasteiger partial charge in [0.05, 0.1) is 35.8 Å². The number of ether oxygens (including phenoxy) is 2. The number of carbonyl (C=O) groups excluding carboxylic acids is 3. The van der Waals surface area contributed by atoms with Crippen molar-refractivity contribution >= 4 is 55.1 Å². The minimum atomic E-state index is -3.88. The van der Waals surface area contributed by atoms with Crippen LogP contribution in [-0.2, 0) is 29.8 Å². The SMILES string of the molecule is COc1ccc2c(O[C@@H]3C[C@H]4C(=O)N[C@]5(C(=O)NS(=O)(=O)C6CC6)C[C@@H]5/C=C\CCCCC[C@H](Nc5nc(C(C)(C)C)cs5)C(=O)N4C3)cc(-c3ccccc3)nc2c1. The van der Waals surface area contributed by atoms with Crippen LogP contribution in [0.3, 0.4) is 0 Å². The van der Waals surface area contributed by atoms with Crippen LogP contribution in [0.4, 0.5) is 5.13 Å². The molecule has 0 bridgehead atoms. The molecular formula is C44H52N6O7S2. The molecule has 15 heteroatoms. The normalized spacial score (nSPS) is 25.8. The Bertz CT molecular complexity index is 2370. The number of pyridine rings is 1. The second-order valence-electron chi connectivity index (χ2n) is 17.2. The Kier molecular flexibility index (Phi) is 11.2. The summed E-state index contributed by atoms with van der Waals surface area (Å²) in [5.41, 5.74) is 1.51. The van der Waals surface area contributed by atoms with Crippen molar-refractivity contribution < 1.29 is 32.3 Å². The number of hydrogen-bond donors (Lipinski definition) is 3. The van der Waals surface area contributed by atoms with Crippen molar-refractivity contribution in [1.82, 2.24) is 24.9 Å². The molecule has 0 radical (unpaired) electrons. The summed E-state index contributed by atoms with van der Waals surface area (Å²) in [6.45, 7) is 6.37. The van der Waals surface area contributed by atoms with Crippen LogP contribution in [0.15, 0.2) is 72.1 Å². The number of carbonyl (C=O) groups is 3. The first-order chi connectivity index (χ1) is 28.2. The summed E-state index contributed by atoms with van der Waals surface area (Å²) in [6.07, 6.45) is 8.46. The number of sulfonamides is 1. The monoisotopic (exact) mass is 840 g/mol. The molecule has 2 aliphatic heterocycles. The standard InChI is InChI=1S/C44H52N6O7S2/c1-43(2,3)38-26-58-42(47-38)46-33-16-12-7-5-6-11-15-28-24-44(28,41(53)49-59(54,55)31-18-19-31)48-39(51)36-22-30(25-50(36)40(33)52)57-37-23-34(27-13-9-8-10-14-27)45-35-21-29(56-4)17-20-32(35)37/h8-11,13-15,17,20-21,23,26,28,30-31,33,36H,5-7,12,16,18-19,22,24-25H2,1-4H3,(H,46,47)(H,48,51)(H,49,53)/b15-11-/t28-,30+,33-,36-,44+/m0/s1. The van der Waals surface area contributed by atoms with Gasteiger partial charge in [0.1, 0.15) is 35.2 Å². The van der Waals surface area contributed by atoms with Crippen molar-refractivity contribution in [1.29, 1.82) is 0 Å². The van der Waals surface area contributed by atoms with Gasteiger partial charge in [-0.15, -0.1) is 11.3 Å². The first-order valence-electron chi connectivity index (χ1n) is 20.5. The first-order valence-corrected chi connectivity index (χ1v) is 23.0. The van der Waals surface area contributed by atoms with Gasteiger partial charge in [-0.3, -0.25) is 19.1 Å². The van der Waals surface area contributed by atoms with Crippen molar-refractivity contribution in [2.75, 3.05) is 19.0 Å². The Morgan fingerprint density at radius 3 is 2.54 bits per heavy atom. The molecule has 5 atom stereocenters. The Morgan fingerprint density at radius 1 is 1.02 bits per heavy atom. The average molecular weight is 841 g/mol. The smallest absolute Gasteiger partial charge is 0.259 e. The van der Waals surface area contributed by atoms with Gasteiger partial charge in [0.2, 0.25) is 21.8 Å². The van der Waals surface area contributed by atoms with Crippen LogP contribution in [0.2, 0.25) is 0 Å². The lowest BCUT2D eigenvalue weighted by Crippen LogP contribution is -2.57. The van der Waals surface area contributed by atoms with Crippen LogP contribution in [-0.4, -0.2) is 83.6 Å². The minimum Gasteiger partial charge on any atom is -0.497 e. The van der Waals surface area contributed by atoms with E-state index in [9.17, 15) is 22.8 Å². The Morgan fingerprint density at radius 2 is 1.81 bits per heavy atom. The molecular weight excluding hydrogens is 789 g/mol. The van der Waals surface area contributed by atoms with Crippen LogP contribution in [0.1, 0.15) is 84.3 Å². The van der Waals surface area contributed by atoms with E-state index in [0.717, 1.165) is 42.3 Å². The van der Waals surface area contributed by atoms with Crippen molar-refractivity contribution in [3.8, 4) is 22.8 Å². The lowest BCUT2D eigenvalue weighted by molar-refractivity contribution is -0.140.